The third-order valence-electron chi connectivity index (χ3n) is 7.81. The molecule has 14 nitrogen and oxygen atoms in total. The first-order chi connectivity index (χ1) is 23.5. The molecule has 2 fully saturated rings. The molecule has 0 radical (unpaired) electrons. The Labute approximate surface area is 302 Å². The fraction of sp³-hybridized carbons (Fsp3) is 0.743. The quantitative estimate of drug-likeness (QED) is 0.137. The van der Waals surface area contributed by atoms with Crippen LogP contribution in [0.15, 0.2) is 42.1 Å². The first kappa shape index (κ1) is 50.8. The molecule has 1 saturated heterocycles. The normalized spacial score (nSPS) is 19.4. The van der Waals surface area contributed by atoms with E-state index in [1.165, 1.54) is 30.5 Å². The van der Waals surface area contributed by atoms with Crippen LogP contribution in [0.1, 0.15) is 99.5 Å². The lowest BCUT2D eigenvalue weighted by molar-refractivity contribution is -0.444. The third-order valence-corrected chi connectivity index (χ3v) is 7.81. The highest BCUT2D eigenvalue weighted by atomic mass is 19.3. The number of hydrogen-bond acceptors (Lipinski definition) is 13. The Morgan fingerprint density at radius 2 is 1.45 bits per heavy atom. The lowest BCUT2D eigenvalue weighted by atomic mass is 9.86. The molecule has 1 aliphatic heterocycles. The largest absolute Gasteiger partial charge is 0.378 e. The van der Waals surface area contributed by atoms with Crippen molar-refractivity contribution in [3.05, 3.63) is 47.7 Å². The lowest BCUT2D eigenvalue weighted by Crippen LogP contribution is -2.63. The maximum absolute atomic E-state index is 12.5. The minimum absolute atomic E-state index is 0.194. The standard InChI is InChI=1S/C17H27N.C7H11F2NO.C7H17N3O8.2C2H6/c1-5-17(14-15(2)3)18(4)13-9-12-16-10-7-6-8-11-16;8-7(9)3-1-5(2-4-7)6(10)11;1-5(11,12)4-8-3(9-10-4)2(6(13,14)15)7(16,17)18;2*1-2/h5-8,10-11,15H,9,12-14H2,1-4H3;5H,1-4H2,(H2,10,11);2-4,8-18H,1H3;2*1-2H3/b17-5+;;;;. The zero-order chi connectivity index (χ0) is 40.2. The molecule has 0 aromatic heterocycles. The molecule has 1 amide bonds. The first-order valence-corrected chi connectivity index (χ1v) is 17.6. The summed E-state index contributed by atoms with van der Waals surface area (Å²) in [4.78, 5) is 12.9. The molecule has 1 saturated carbocycles. The van der Waals surface area contributed by atoms with E-state index in [4.69, 9.17) is 36.4 Å². The molecule has 3 rings (SSSR count). The van der Waals surface area contributed by atoms with Crippen molar-refractivity contribution >= 4 is 5.91 Å². The van der Waals surface area contributed by atoms with Crippen LogP contribution in [0.3, 0.4) is 0 Å². The van der Waals surface area contributed by atoms with E-state index in [9.17, 15) is 23.8 Å². The van der Waals surface area contributed by atoms with Gasteiger partial charge in [-0.05, 0) is 57.4 Å². The minimum atomic E-state index is -3.65. The number of nitrogens with zero attached hydrogens (tertiary/aromatic N) is 1. The second-order valence-corrected chi connectivity index (χ2v) is 12.7. The third kappa shape index (κ3) is 21.1. The van der Waals surface area contributed by atoms with Crippen LogP contribution in [0.25, 0.3) is 0 Å². The van der Waals surface area contributed by atoms with Crippen molar-refractivity contribution in [2.24, 2.45) is 23.5 Å². The molecule has 0 bridgehead atoms. The van der Waals surface area contributed by atoms with Crippen molar-refractivity contribution in [1.82, 2.24) is 21.1 Å². The molecule has 2 aliphatic rings. The van der Waals surface area contributed by atoms with Gasteiger partial charge in [-0.1, -0.05) is 78.0 Å². The SMILES string of the molecule is C/C=C(\CC(C)C)N(C)CCCc1ccccc1.CC.CC.CC(O)(O)C1NNC(C(C(O)(O)O)C(O)(O)O)N1.NC(=O)C1CCC(F)(F)CC1. The number of amides is 1. The molecule has 1 heterocycles. The van der Waals surface area contributed by atoms with Gasteiger partial charge in [0.15, 0.2) is 11.7 Å². The van der Waals surface area contributed by atoms with Gasteiger partial charge in [0, 0.05) is 38.0 Å². The Morgan fingerprint density at radius 3 is 1.82 bits per heavy atom. The molecule has 16 heteroatoms. The number of benzene rings is 1. The predicted molar refractivity (Wildman–Crippen MR) is 191 cm³/mol. The van der Waals surface area contributed by atoms with Crippen molar-refractivity contribution < 1.29 is 54.4 Å². The molecule has 2 atom stereocenters. The Balaban J connectivity index is 0. The number of nitrogens with two attached hydrogens (primary N) is 1. The number of rotatable bonds is 12. The van der Waals surface area contributed by atoms with Gasteiger partial charge < -0.3 is 51.5 Å². The second-order valence-electron chi connectivity index (χ2n) is 12.7. The summed E-state index contributed by atoms with van der Waals surface area (Å²) in [6, 6.07) is 10.7. The average Bonchev–Trinajstić information content (AvgIpc) is 3.51. The zero-order valence-corrected chi connectivity index (χ0v) is 31.8. The first-order valence-electron chi connectivity index (χ1n) is 17.6. The van der Waals surface area contributed by atoms with E-state index < -0.39 is 47.8 Å². The monoisotopic (exact) mass is 739 g/mol. The number of hydrogen-bond donors (Lipinski definition) is 12. The molecular formula is C35H67F2N5O9. The lowest BCUT2D eigenvalue weighted by Gasteiger charge is -2.36. The molecule has 1 aliphatic carbocycles. The molecule has 1 aromatic rings. The van der Waals surface area contributed by atoms with E-state index >= 15 is 0 Å². The molecule has 2 unspecified atom stereocenters. The predicted octanol–water partition coefficient (Wildman–Crippen LogP) is 1.76. The summed E-state index contributed by atoms with van der Waals surface area (Å²) < 4.78 is 25.0. The Morgan fingerprint density at radius 1 is 0.961 bits per heavy atom. The van der Waals surface area contributed by atoms with Gasteiger partial charge in [0.25, 0.3) is 11.9 Å². The topological polar surface area (TPSA) is 244 Å². The highest BCUT2D eigenvalue weighted by Crippen LogP contribution is 2.35. The minimum Gasteiger partial charge on any atom is -0.378 e. The fourth-order valence-electron chi connectivity index (χ4n) is 5.16. The van der Waals surface area contributed by atoms with Gasteiger partial charge in [-0.2, -0.15) is 0 Å². The summed E-state index contributed by atoms with van der Waals surface area (Å²) >= 11 is 0. The van der Waals surface area contributed by atoms with Crippen LogP contribution in [-0.4, -0.2) is 101 Å². The number of alkyl halides is 2. The molecule has 51 heavy (non-hydrogen) atoms. The van der Waals surface area contributed by atoms with Gasteiger partial charge in [0.1, 0.15) is 6.17 Å². The van der Waals surface area contributed by atoms with Crippen LogP contribution in [0.2, 0.25) is 0 Å². The van der Waals surface area contributed by atoms with Gasteiger partial charge >= 0.3 is 0 Å². The van der Waals surface area contributed by atoms with E-state index in [1.54, 1.807) is 0 Å². The molecule has 0 spiro atoms. The number of aliphatic hydroxyl groups is 8. The van der Waals surface area contributed by atoms with Crippen LogP contribution in [-0.2, 0) is 11.2 Å². The van der Waals surface area contributed by atoms with Gasteiger partial charge in [-0.25, -0.2) is 19.6 Å². The van der Waals surface area contributed by atoms with Crippen LogP contribution in [0, 0.1) is 17.8 Å². The number of carbonyl (C=O) groups is 1. The molecular weight excluding hydrogens is 672 g/mol. The molecule has 1 aromatic carbocycles. The van der Waals surface area contributed by atoms with Crippen LogP contribution in [0.4, 0.5) is 8.78 Å². The summed E-state index contributed by atoms with van der Waals surface area (Å²) in [5.74, 6) is -14.5. The van der Waals surface area contributed by atoms with Gasteiger partial charge in [-0.3, -0.25) is 10.1 Å². The van der Waals surface area contributed by atoms with Gasteiger partial charge in [-0.15, -0.1) is 0 Å². The summed E-state index contributed by atoms with van der Waals surface area (Å²) in [5, 5.41) is 74.5. The number of halogens is 2. The van der Waals surface area contributed by atoms with E-state index in [2.05, 4.69) is 85.3 Å². The van der Waals surface area contributed by atoms with Crippen LogP contribution < -0.4 is 21.9 Å². The van der Waals surface area contributed by atoms with Crippen LogP contribution >= 0.6 is 0 Å². The molecule has 13 N–H and O–H groups in total. The van der Waals surface area contributed by atoms with Crippen molar-refractivity contribution in [3.63, 3.8) is 0 Å². The van der Waals surface area contributed by atoms with Crippen molar-refractivity contribution in [2.75, 3.05) is 13.6 Å². The summed E-state index contributed by atoms with van der Waals surface area (Å²) in [6.07, 6.45) is 3.16. The smallest absolute Gasteiger partial charge is 0.289 e. The summed E-state index contributed by atoms with van der Waals surface area (Å²) in [7, 11) is 2.21. The molecule has 300 valence electrons. The number of carbonyl (C=O) groups excluding carboxylic acids is 1. The number of nitrogens with one attached hydrogen (secondary N) is 3. The maximum Gasteiger partial charge on any atom is 0.289 e. The van der Waals surface area contributed by atoms with Gasteiger partial charge in [0.2, 0.25) is 11.8 Å². The second kappa shape index (κ2) is 24.1. The number of hydrazine groups is 1. The number of aryl methyl sites for hydroxylation is 1. The summed E-state index contributed by atoms with van der Waals surface area (Å²) in [5.41, 5.74) is 12.3. The van der Waals surface area contributed by atoms with Crippen molar-refractivity contribution in [1.29, 1.82) is 0 Å². The van der Waals surface area contributed by atoms with Crippen LogP contribution in [0.5, 0.6) is 0 Å². The van der Waals surface area contributed by atoms with E-state index in [0.29, 0.717) is 0 Å². The zero-order valence-electron chi connectivity index (χ0n) is 31.8. The van der Waals surface area contributed by atoms with E-state index in [1.807, 2.05) is 27.7 Å². The summed E-state index contributed by atoms with van der Waals surface area (Å²) in [6.45, 7) is 16.8. The average molecular weight is 740 g/mol. The van der Waals surface area contributed by atoms with Crippen molar-refractivity contribution in [2.45, 2.75) is 136 Å². The van der Waals surface area contributed by atoms with E-state index in [-0.39, 0.29) is 31.6 Å². The fourth-order valence-corrected chi connectivity index (χ4v) is 5.16. The van der Waals surface area contributed by atoms with E-state index in [0.717, 1.165) is 19.4 Å². The number of allylic oxidation sites excluding steroid dienone is 2. The highest BCUT2D eigenvalue weighted by Gasteiger charge is 2.55. The Hall–Kier alpha value is -2.35. The van der Waals surface area contributed by atoms with Gasteiger partial charge in [0.05, 0.1) is 6.17 Å². The maximum atomic E-state index is 12.5. The Kier molecular flexibility index (Phi) is 23.9. The van der Waals surface area contributed by atoms with Crippen molar-refractivity contribution in [3.8, 4) is 0 Å². The number of primary amides is 1. The highest BCUT2D eigenvalue weighted by molar-refractivity contribution is 5.76. The Bertz CT molecular complexity index is 1070.